The minimum Gasteiger partial charge on any atom is -0.507 e. The van der Waals surface area contributed by atoms with E-state index in [0.717, 1.165) is 0 Å². The number of rotatable bonds is 8. The number of hydrogen-bond acceptors (Lipinski definition) is 6. The number of anilines is 1. The molecule has 1 N–H and O–H groups in total. The molecule has 1 aliphatic heterocycles. The van der Waals surface area contributed by atoms with Gasteiger partial charge in [0.05, 0.1) is 31.4 Å². The van der Waals surface area contributed by atoms with Crippen molar-refractivity contribution < 1.29 is 28.9 Å². The number of hydrogen-bond donors (Lipinski definition) is 1. The first-order valence-corrected chi connectivity index (χ1v) is 12.2. The molecule has 7 heteroatoms. The predicted octanol–water partition coefficient (Wildman–Crippen LogP) is 5.82. The third-order valence-electron chi connectivity index (χ3n) is 6.13. The van der Waals surface area contributed by atoms with Crippen LogP contribution in [0.4, 0.5) is 5.69 Å². The number of ether oxygens (including phenoxy) is 3. The minimum atomic E-state index is -0.840. The summed E-state index contributed by atoms with van der Waals surface area (Å²) in [7, 11) is 1.56. The number of aryl methyl sites for hydroxylation is 1. The first-order valence-electron chi connectivity index (χ1n) is 12.2. The van der Waals surface area contributed by atoms with Gasteiger partial charge in [0.25, 0.3) is 11.7 Å². The minimum absolute atomic E-state index is 0.00149. The molecular weight excluding hydrogens is 470 g/mol. The molecule has 3 aromatic rings. The number of aliphatic hydroxyl groups is 1. The first kappa shape index (κ1) is 25.8. The molecular formula is C30H31NO6. The van der Waals surface area contributed by atoms with Gasteiger partial charge in [-0.05, 0) is 93.4 Å². The fraction of sp³-hybridized carbons (Fsp3) is 0.267. The van der Waals surface area contributed by atoms with Crippen LogP contribution < -0.4 is 19.1 Å². The maximum Gasteiger partial charge on any atom is 0.300 e. The highest BCUT2D eigenvalue weighted by molar-refractivity contribution is 6.51. The molecule has 1 aliphatic rings. The molecule has 1 saturated heterocycles. The topological polar surface area (TPSA) is 85.3 Å². The molecule has 3 aromatic carbocycles. The fourth-order valence-corrected chi connectivity index (χ4v) is 4.46. The summed E-state index contributed by atoms with van der Waals surface area (Å²) in [6.07, 6.45) is -0.00149. The molecule has 1 atom stereocenters. The van der Waals surface area contributed by atoms with Crippen LogP contribution in [0, 0.1) is 6.92 Å². The smallest absolute Gasteiger partial charge is 0.300 e. The van der Waals surface area contributed by atoms with Crippen LogP contribution in [0.3, 0.4) is 0 Å². The highest BCUT2D eigenvalue weighted by Crippen LogP contribution is 2.43. The number of aliphatic hydroxyl groups excluding tert-OH is 1. The Morgan fingerprint density at radius 3 is 2.14 bits per heavy atom. The van der Waals surface area contributed by atoms with Crippen LogP contribution >= 0.6 is 0 Å². The quantitative estimate of drug-likeness (QED) is 0.238. The van der Waals surface area contributed by atoms with Gasteiger partial charge in [-0.1, -0.05) is 12.1 Å². The summed E-state index contributed by atoms with van der Waals surface area (Å²) in [6, 6.07) is 18.5. The molecule has 7 nitrogen and oxygen atoms in total. The van der Waals surface area contributed by atoms with E-state index in [1.54, 1.807) is 61.7 Å². The van der Waals surface area contributed by atoms with Crippen molar-refractivity contribution in [1.29, 1.82) is 0 Å². The van der Waals surface area contributed by atoms with E-state index in [-0.39, 0.29) is 17.4 Å². The van der Waals surface area contributed by atoms with Crippen LogP contribution in [0.15, 0.2) is 72.3 Å². The Balaban J connectivity index is 1.87. The van der Waals surface area contributed by atoms with Crippen LogP contribution in [-0.2, 0) is 9.59 Å². The number of carbonyl (C=O) groups is 2. The lowest BCUT2D eigenvalue weighted by Gasteiger charge is -2.26. The lowest BCUT2D eigenvalue weighted by Crippen LogP contribution is -2.29. The molecule has 37 heavy (non-hydrogen) atoms. The Labute approximate surface area is 216 Å². The molecule has 0 bridgehead atoms. The summed E-state index contributed by atoms with van der Waals surface area (Å²) in [4.78, 5) is 28.2. The molecule has 1 unspecified atom stereocenters. The zero-order valence-corrected chi connectivity index (χ0v) is 21.6. The third-order valence-corrected chi connectivity index (χ3v) is 6.13. The highest BCUT2D eigenvalue weighted by Gasteiger charge is 2.47. The number of benzene rings is 3. The largest absolute Gasteiger partial charge is 0.507 e. The lowest BCUT2D eigenvalue weighted by molar-refractivity contribution is -0.132. The van der Waals surface area contributed by atoms with E-state index in [1.807, 2.05) is 39.8 Å². The predicted molar refractivity (Wildman–Crippen MR) is 142 cm³/mol. The second kappa shape index (κ2) is 10.8. The number of nitrogens with zero attached hydrogens (tertiary/aromatic N) is 1. The van der Waals surface area contributed by atoms with Crippen molar-refractivity contribution >= 4 is 23.1 Å². The van der Waals surface area contributed by atoms with Crippen molar-refractivity contribution in [3.8, 4) is 17.2 Å². The lowest BCUT2D eigenvalue weighted by atomic mass is 9.93. The van der Waals surface area contributed by atoms with Crippen LogP contribution in [0.5, 0.6) is 17.2 Å². The maximum absolute atomic E-state index is 13.4. The van der Waals surface area contributed by atoms with E-state index in [0.29, 0.717) is 46.2 Å². The molecule has 1 heterocycles. The normalized spacial score (nSPS) is 16.8. The zero-order valence-electron chi connectivity index (χ0n) is 21.6. The standard InChI is InChI=1S/C30H31NO6/c1-6-36-22-13-9-21(10-14-22)31-27(20-7-11-23(12-8-20)37-18(2)3)26(29(33)30(31)34)28(32)25-16-15-24(35-5)17-19(25)4/h7-18,27,32H,6H2,1-5H3/b28-26-. The number of ketones is 1. The van der Waals surface area contributed by atoms with Crippen LogP contribution in [0.2, 0.25) is 0 Å². The van der Waals surface area contributed by atoms with Crippen LogP contribution in [0.25, 0.3) is 5.76 Å². The molecule has 0 spiro atoms. The molecule has 0 radical (unpaired) electrons. The molecule has 0 aromatic heterocycles. The van der Waals surface area contributed by atoms with Crippen LogP contribution in [0.1, 0.15) is 43.5 Å². The summed E-state index contributed by atoms with van der Waals surface area (Å²) in [5, 5.41) is 11.4. The van der Waals surface area contributed by atoms with Gasteiger partial charge in [-0.15, -0.1) is 0 Å². The molecule has 4 rings (SSSR count). The average molecular weight is 502 g/mol. The van der Waals surface area contributed by atoms with Gasteiger partial charge in [0, 0.05) is 11.3 Å². The van der Waals surface area contributed by atoms with Gasteiger partial charge in [0.15, 0.2) is 0 Å². The monoisotopic (exact) mass is 501 g/mol. The number of methoxy groups -OCH3 is 1. The summed E-state index contributed by atoms with van der Waals surface area (Å²) < 4.78 is 16.6. The average Bonchev–Trinajstić information content (AvgIpc) is 3.14. The summed E-state index contributed by atoms with van der Waals surface area (Å²) in [6.45, 7) is 8.08. The number of carbonyl (C=O) groups excluding carboxylic acids is 2. The first-order chi connectivity index (χ1) is 17.7. The summed E-state index contributed by atoms with van der Waals surface area (Å²) >= 11 is 0. The molecule has 192 valence electrons. The molecule has 0 saturated carbocycles. The number of amides is 1. The van der Waals surface area contributed by atoms with Crippen LogP contribution in [-0.4, -0.2) is 36.6 Å². The van der Waals surface area contributed by atoms with Gasteiger partial charge < -0.3 is 19.3 Å². The van der Waals surface area contributed by atoms with Gasteiger partial charge in [-0.2, -0.15) is 0 Å². The van der Waals surface area contributed by atoms with E-state index in [2.05, 4.69) is 0 Å². The maximum atomic E-state index is 13.4. The van der Waals surface area contributed by atoms with Gasteiger partial charge in [0.2, 0.25) is 0 Å². The Morgan fingerprint density at radius 1 is 0.946 bits per heavy atom. The SMILES string of the molecule is CCOc1ccc(N2C(=O)C(=O)/C(=C(\O)c3ccc(OC)cc3C)C2c2ccc(OC(C)C)cc2)cc1. The van der Waals surface area contributed by atoms with Crippen molar-refractivity contribution in [1.82, 2.24) is 0 Å². The summed E-state index contributed by atoms with van der Waals surface area (Å²) in [5.74, 6) is 0.241. The van der Waals surface area contributed by atoms with Gasteiger partial charge in [-0.3, -0.25) is 14.5 Å². The zero-order chi connectivity index (χ0) is 26.7. The Morgan fingerprint density at radius 2 is 1.57 bits per heavy atom. The van der Waals surface area contributed by atoms with E-state index >= 15 is 0 Å². The van der Waals surface area contributed by atoms with Gasteiger partial charge >= 0.3 is 0 Å². The molecule has 0 aliphatic carbocycles. The van der Waals surface area contributed by atoms with E-state index < -0.39 is 17.7 Å². The van der Waals surface area contributed by atoms with Gasteiger partial charge in [-0.25, -0.2) is 0 Å². The second-order valence-electron chi connectivity index (χ2n) is 9.01. The Bertz CT molecular complexity index is 1330. The van der Waals surface area contributed by atoms with Crippen molar-refractivity contribution in [3.05, 3.63) is 89.0 Å². The molecule has 1 fully saturated rings. The summed E-state index contributed by atoms with van der Waals surface area (Å²) in [5.41, 5.74) is 2.36. The fourth-order valence-electron chi connectivity index (χ4n) is 4.46. The Kier molecular flexibility index (Phi) is 7.53. The molecule has 1 amide bonds. The van der Waals surface area contributed by atoms with Crippen molar-refractivity contribution in [2.24, 2.45) is 0 Å². The van der Waals surface area contributed by atoms with E-state index in [9.17, 15) is 14.7 Å². The second-order valence-corrected chi connectivity index (χ2v) is 9.01. The van der Waals surface area contributed by atoms with E-state index in [4.69, 9.17) is 14.2 Å². The highest BCUT2D eigenvalue weighted by atomic mass is 16.5. The number of Topliss-reactive ketones (excluding diaryl/α,β-unsaturated/α-hetero) is 1. The third kappa shape index (κ3) is 5.16. The van der Waals surface area contributed by atoms with Crippen molar-refractivity contribution in [2.45, 2.75) is 39.8 Å². The Hall–Kier alpha value is -4.26. The van der Waals surface area contributed by atoms with Crippen molar-refractivity contribution in [2.75, 3.05) is 18.6 Å². The van der Waals surface area contributed by atoms with E-state index in [1.165, 1.54) is 4.90 Å². The van der Waals surface area contributed by atoms with Gasteiger partial charge in [0.1, 0.15) is 23.0 Å². The van der Waals surface area contributed by atoms with Crippen molar-refractivity contribution in [3.63, 3.8) is 0 Å².